The van der Waals surface area contributed by atoms with Crippen molar-refractivity contribution >= 4 is 22.4 Å². The van der Waals surface area contributed by atoms with E-state index in [1.807, 2.05) is 54.6 Å². The van der Waals surface area contributed by atoms with Gasteiger partial charge in [-0.25, -0.2) is 0 Å². The summed E-state index contributed by atoms with van der Waals surface area (Å²) in [5, 5.41) is 12.0. The van der Waals surface area contributed by atoms with E-state index in [9.17, 15) is 5.26 Å². The average molecular weight is 318 g/mol. The SMILES string of the molecule is N#CC1=C(Cl)Oc2ccc3ccccc3c2C1c1ccccc1. The number of nitrogens with zero attached hydrogens (tertiary/aromatic N) is 1. The van der Waals surface area contributed by atoms with Gasteiger partial charge >= 0.3 is 0 Å². The maximum absolute atomic E-state index is 9.62. The van der Waals surface area contributed by atoms with Crippen molar-refractivity contribution in [2.75, 3.05) is 0 Å². The maximum atomic E-state index is 9.62. The summed E-state index contributed by atoms with van der Waals surface area (Å²) in [5.74, 6) is 0.491. The predicted molar refractivity (Wildman–Crippen MR) is 91.4 cm³/mol. The second-order valence-corrected chi connectivity index (χ2v) is 5.79. The average Bonchev–Trinajstić information content (AvgIpc) is 2.61. The molecule has 0 saturated carbocycles. The molecule has 0 spiro atoms. The maximum Gasteiger partial charge on any atom is 0.208 e. The first-order valence-electron chi connectivity index (χ1n) is 7.34. The standard InChI is InChI=1S/C20H12ClNO/c21-20-16(12-22)18(14-7-2-1-3-8-14)19-15-9-5-4-6-13(15)10-11-17(19)23-20/h1-11,18H. The summed E-state index contributed by atoms with van der Waals surface area (Å²) in [4.78, 5) is 0. The van der Waals surface area contributed by atoms with Crippen molar-refractivity contribution in [3.8, 4) is 11.8 Å². The van der Waals surface area contributed by atoms with Crippen molar-refractivity contribution in [1.29, 1.82) is 5.26 Å². The first-order chi connectivity index (χ1) is 11.3. The Morgan fingerprint density at radius 2 is 1.65 bits per heavy atom. The zero-order valence-electron chi connectivity index (χ0n) is 12.2. The van der Waals surface area contributed by atoms with Gasteiger partial charge in [0.25, 0.3) is 0 Å². The number of ether oxygens (including phenoxy) is 1. The van der Waals surface area contributed by atoms with Crippen molar-refractivity contribution in [2.24, 2.45) is 0 Å². The van der Waals surface area contributed by atoms with E-state index >= 15 is 0 Å². The number of hydrogen-bond acceptors (Lipinski definition) is 2. The van der Waals surface area contributed by atoms with Gasteiger partial charge in [0.1, 0.15) is 11.8 Å². The van der Waals surface area contributed by atoms with Gasteiger partial charge in [-0.3, -0.25) is 0 Å². The predicted octanol–water partition coefficient (Wildman–Crippen LogP) is 5.34. The lowest BCUT2D eigenvalue weighted by molar-refractivity contribution is 0.436. The molecule has 2 nitrogen and oxygen atoms in total. The fourth-order valence-electron chi connectivity index (χ4n) is 3.16. The molecule has 110 valence electrons. The highest BCUT2D eigenvalue weighted by atomic mass is 35.5. The van der Waals surface area contributed by atoms with Crippen molar-refractivity contribution < 1.29 is 4.74 Å². The minimum atomic E-state index is -0.219. The molecule has 1 unspecified atom stereocenters. The highest BCUT2D eigenvalue weighted by molar-refractivity contribution is 6.29. The summed E-state index contributed by atoms with van der Waals surface area (Å²) in [5.41, 5.74) is 2.47. The molecule has 1 heterocycles. The third-order valence-corrected chi connectivity index (χ3v) is 4.45. The van der Waals surface area contributed by atoms with Crippen LogP contribution in [0, 0.1) is 11.3 Å². The minimum absolute atomic E-state index is 0.157. The quantitative estimate of drug-likeness (QED) is 0.607. The van der Waals surface area contributed by atoms with E-state index in [0.717, 1.165) is 21.9 Å². The van der Waals surface area contributed by atoms with E-state index < -0.39 is 0 Å². The lowest BCUT2D eigenvalue weighted by Gasteiger charge is -2.27. The molecule has 0 radical (unpaired) electrons. The molecule has 3 aromatic carbocycles. The van der Waals surface area contributed by atoms with Gasteiger partial charge < -0.3 is 4.74 Å². The smallest absolute Gasteiger partial charge is 0.208 e. The monoisotopic (exact) mass is 317 g/mol. The Morgan fingerprint density at radius 1 is 0.913 bits per heavy atom. The summed E-state index contributed by atoms with van der Waals surface area (Å²) < 4.78 is 5.72. The lowest BCUT2D eigenvalue weighted by Crippen LogP contribution is -2.14. The van der Waals surface area contributed by atoms with Gasteiger partial charge in [-0.2, -0.15) is 5.26 Å². The summed E-state index contributed by atoms with van der Waals surface area (Å²) in [7, 11) is 0. The van der Waals surface area contributed by atoms with E-state index in [4.69, 9.17) is 16.3 Å². The zero-order chi connectivity index (χ0) is 15.8. The normalized spacial score (nSPS) is 16.6. The van der Waals surface area contributed by atoms with Gasteiger partial charge in [-0.05, 0) is 34.0 Å². The van der Waals surface area contributed by atoms with Gasteiger partial charge in [0.05, 0.1) is 11.5 Å². The number of halogens is 1. The zero-order valence-corrected chi connectivity index (χ0v) is 12.9. The second-order valence-electron chi connectivity index (χ2n) is 5.44. The van der Waals surface area contributed by atoms with Gasteiger partial charge in [0, 0.05) is 5.56 Å². The first-order valence-corrected chi connectivity index (χ1v) is 7.71. The van der Waals surface area contributed by atoms with Gasteiger partial charge in [0.15, 0.2) is 0 Å². The van der Waals surface area contributed by atoms with Crippen LogP contribution >= 0.6 is 11.6 Å². The van der Waals surface area contributed by atoms with Gasteiger partial charge in [-0.1, -0.05) is 60.7 Å². The van der Waals surface area contributed by atoms with Crippen LogP contribution in [0.3, 0.4) is 0 Å². The molecule has 1 aliphatic heterocycles. The molecule has 0 N–H and O–H groups in total. The van der Waals surface area contributed by atoms with E-state index in [0.29, 0.717) is 11.3 Å². The van der Waals surface area contributed by atoms with Crippen LogP contribution < -0.4 is 4.74 Å². The number of nitriles is 1. The molecule has 0 fully saturated rings. The molecule has 1 atom stereocenters. The topological polar surface area (TPSA) is 33.0 Å². The fraction of sp³-hybridized carbons (Fsp3) is 0.0500. The van der Waals surface area contributed by atoms with Crippen LogP contribution in [0.4, 0.5) is 0 Å². The third-order valence-electron chi connectivity index (χ3n) is 4.17. The Hall–Kier alpha value is -2.76. The minimum Gasteiger partial charge on any atom is -0.444 e. The Balaban J connectivity index is 2.08. The molecule has 0 saturated heterocycles. The number of rotatable bonds is 1. The van der Waals surface area contributed by atoms with Crippen molar-refractivity contribution in [3.63, 3.8) is 0 Å². The van der Waals surface area contributed by atoms with E-state index in [1.165, 1.54) is 0 Å². The largest absolute Gasteiger partial charge is 0.444 e. The van der Waals surface area contributed by atoms with Crippen molar-refractivity contribution in [2.45, 2.75) is 5.92 Å². The fourth-order valence-corrected chi connectivity index (χ4v) is 3.39. The van der Waals surface area contributed by atoms with Crippen LogP contribution in [0.5, 0.6) is 5.75 Å². The number of hydrogen-bond donors (Lipinski definition) is 0. The molecule has 0 amide bonds. The number of allylic oxidation sites excluding steroid dienone is 1. The summed E-state index contributed by atoms with van der Waals surface area (Å²) in [6.07, 6.45) is 0. The lowest BCUT2D eigenvalue weighted by atomic mass is 9.81. The van der Waals surface area contributed by atoms with Crippen LogP contribution in [0.2, 0.25) is 0 Å². The Morgan fingerprint density at radius 3 is 2.43 bits per heavy atom. The van der Waals surface area contributed by atoms with Gasteiger partial charge in [0.2, 0.25) is 5.22 Å². The molecular weight excluding hydrogens is 306 g/mol. The first kappa shape index (κ1) is 13.9. The Kier molecular flexibility index (Phi) is 3.29. The molecule has 4 rings (SSSR count). The summed E-state index contributed by atoms with van der Waals surface area (Å²) >= 11 is 6.24. The van der Waals surface area contributed by atoms with Crippen LogP contribution in [-0.4, -0.2) is 0 Å². The number of benzene rings is 3. The van der Waals surface area contributed by atoms with Crippen LogP contribution in [0.15, 0.2) is 77.5 Å². The molecular formula is C20H12ClNO. The third kappa shape index (κ3) is 2.18. The van der Waals surface area contributed by atoms with Crippen molar-refractivity contribution in [3.05, 3.63) is 88.6 Å². The summed E-state index contributed by atoms with van der Waals surface area (Å²) in [6.45, 7) is 0. The van der Waals surface area contributed by atoms with Crippen LogP contribution in [0.25, 0.3) is 10.8 Å². The molecule has 1 aliphatic rings. The van der Waals surface area contributed by atoms with Crippen LogP contribution in [-0.2, 0) is 0 Å². The second kappa shape index (κ2) is 5.46. The molecule has 0 aliphatic carbocycles. The van der Waals surface area contributed by atoms with E-state index in [2.05, 4.69) is 18.2 Å². The molecule has 0 aromatic heterocycles. The van der Waals surface area contributed by atoms with E-state index in [1.54, 1.807) is 0 Å². The Labute approximate surface area is 139 Å². The van der Waals surface area contributed by atoms with Crippen molar-refractivity contribution in [1.82, 2.24) is 0 Å². The van der Waals surface area contributed by atoms with Gasteiger partial charge in [-0.15, -0.1) is 0 Å². The summed E-state index contributed by atoms with van der Waals surface area (Å²) in [6, 6.07) is 24.2. The highest BCUT2D eigenvalue weighted by Gasteiger charge is 2.32. The number of fused-ring (bicyclic) bond motifs is 3. The molecule has 3 heteroatoms. The molecule has 0 bridgehead atoms. The van der Waals surface area contributed by atoms with E-state index in [-0.39, 0.29) is 11.1 Å². The van der Waals surface area contributed by atoms with Crippen LogP contribution in [0.1, 0.15) is 17.0 Å². The Bertz CT molecular complexity index is 970. The molecule has 3 aromatic rings. The molecule has 23 heavy (non-hydrogen) atoms. The highest BCUT2D eigenvalue weighted by Crippen LogP contribution is 2.46.